The van der Waals surface area contributed by atoms with E-state index in [-0.39, 0.29) is 6.54 Å². The molecule has 0 saturated heterocycles. The first kappa shape index (κ1) is 19.1. The monoisotopic (exact) mass is 404 g/mol. The van der Waals surface area contributed by atoms with Crippen LogP contribution in [0.4, 0.5) is 17.6 Å². The van der Waals surface area contributed by atoms with Crippen molar-refractivity contribution in [3.63, 3.8) is 0 Å². The topological polar surface area (TPSA) is 51.0 Å². The van der Waals surface area contributed by atoms with E-state index in [1.807, 2.05) is 16.7 Å². The van der Waals surface area contributed by atoms with Gasteiger partial charge in [0.05, 0.1) is 28.6 Å². The molecule has 0 N–H and O–H groups in total. The number of aromatic nitrogens is 3. The van der Waals surface area contributed by atoms with Crippen molar-refractivity contribution in [1.82, 2.24) is 19.4 Å². The zero-order chi connectivity index (χ0) is 20.8. The molecular formula is C20H16F4N4O. The first-order valence-corrected chi connectivity index (χ1v) is 8.93. The summed E-state index contributed by atoms with van der Waals surface area (Å²) in [5.74, 6) is -1.67. The third kappa shape index (κ3) is 3.26. The minimum absolute atomic E-state index is 0.223. The standard InChI is InChI=1S/C20H16F4N4O/c1-12-18-15(28(11-26-18)16-7-2-3-9-25-16)8-10-27(12)19(29)13-5-4-6-14(17(13)21)20(22,23)24/h2-7,9,11-12H,8,10H2,1H3/t12-/m0/s1. The number of imidazole rings is 1. The molecule has 0 bridgehead atoms. The highest BCUT2D eigenvalue weighted by Crippen LogP contribution is 2.35. The van der Waals surface area contributed by atoms with Crippen molar-refractivity contribution in [2.75, 3.05) is 6.54 Å². The third-order valence-corrected chi connectivity index (χ3v) is 5.04. The fourth-order valence-corrected chi connectivity index (χ4v) is 3.59. The van der Waals surface area contributed by atoms with E-state index < -0.39 is 35.1 Å². The van der Waals surface area contributed by atoms with Gasteiger partial charge in [0, 0.05) is 19.2 Å². The van der Waals surface area contributed by atoms with Crippen LogP contribution in [0, 0.1) is 5.82 Å². The van der Waals surface area contributed by atoms with Gasteiger partial charge in [-0.3, -0.25) is 9.36 Å². The van der Waals surface area contributed by atoms with Crippen molar-refractivity contribution in [2.45, 2.75) is 25.6 Å². The SMILES string of the molecule is C[C@H]1c2ncn(-c3ccccn3)c2CCN1C(=O)c1cccc(C(F)(F)F)c1F. The molecule has 1 aliphatic rings. The zero-order valence-electron chi connectivity index (χ0n) is 15.3. The Bertz CT molecular complexity index is 1060. The van der Waals surface area contributed by atoms with Crippen molar-refractivity contribution in [3.8, 4) is 5.82 Å². The predicted molar refractivity (Wildman–Crippen MR) is 95.9 cm³/mol. The number of carbonyl (C=O) groups excluding carboxylic acids is 1. The summed E-state index contributed by atoms with van der Waals surface area (Å²) < 4.78 is 55.2. The van der Waals surface area contributed by atoms with Crippen molar-refractivity contribution in [3.05, 3.63) is 77.3 Å². The van der Waals surface area contributed by atoms with E-state index >= 15 is 0 Å². The molecule has 0 radical (unpaired) electrons. The number of rotatable bonds is 2. The lowest BCUT2D eigenvalue weighted by molar-refractivity contribution is -0.140. The number of benzene rings is 1. The first-order valence-electron chi connectivity index (χ1n) is 8.93. The fourth-order valence-electron chi connectivity index (χ4n) is 3.59. The Labute approximate surface area is 163 Å². The number of halogens is 4. The van der Waals surface area contributed by atoms with Gasteiger partial charge in [0.25, 0.3) is 5.91 Å². The van der Waals surface area contributed by atoms with Crippen LogP contribution in [-0.2, 0) is 12.6 Å². The van der Waals surface area contributed by atoms with E-state index in [0.29, 0.717) is 24.0 Å². The Kier molecular flexibility index (Phi) is 4.60. The second-order valence-electron chi connectivity index (χ2n) is 6.72. The van der Waals surface area contributed by atoms with Gasteiger partial charge in [0.1, 0.15) is 18.0 Å². The second kappa shape index (κ2) is 6.98. The van der Waals surface area contributed by atoms with E-state index in [4.69, 9.17) is 0 Å². The summed E-state index contributed by atoms with van der Waals surface area (Å²) in [4.78, 5) is 22.9. The second-order valence-corrected chi connectivity index (χ2v) is 6.72. The van der Waals surface area contributed by atoms with Gasteiger partial charge >= 0.3 is 6.18 Å². The van der Waals surface area contributed by atoms with Gasteiger partial charge in [-0.1, -0.05) is 12.1 Å². The molecular weight excluding hydrogens is 388 g/mol. The molecule has 150 valence electrons. The molecule has 0 unspecified atom stereocenters. The van der Waals surface area contributed by atoms with Gasteiger partial charge in [-0.25, -0.2) is 14.4 Å². The molecule has 1 aromatic carbocycles. The van der Waals surface area contributed by atoms with Crippen LogP contribution in [0.1, 0.15) is 40.3 Å². The summed E-state index contributed by atoms with van der Waals surface area (Å²) in [6.07, 6.45) is -1.20. The lowest BCUT2D eigenvalue weighted by Crippen LogP contribution is -2.40. The van der Waals surface area contributed by atoms with Gasteiger partial charge in [-0.2, -0.15) is 13.2 Å². The van der Waals surface area contributed by atoms with Gasteiger partial charge in [-0.05, 0) is 31.2 Å². The first-order chi connectivity index (χ1) is 13.8. The lowest BCUT2D eigenvalue weighted by Gasteiger charge is -2.33. The third-order valence-electron chi connectivity index (χ3n) is 5.04. The molecule has 0 fully saturated rings. The molecule has 1 atom stereocenters. The van der Waals surface area contributed by atoms with Gasteiger partial charge < -0.3 is 4.90 Å². The Balaban J connectivity index is 1.66. The van der Waals surface area contributed by atoms with Crippen LogP contribution < -0.4 is 0 Å². The largest absolute Gasteiger partial charge is 0.419 e. The molecule has 0 spiro atoms. The molecule has 3 aromatic rings. The molecule has 3 heterocycles. The van der Waals surface area contributed by atoms with Crippen molar-refractivity contribution >= 4 is 5.91 Å². The normalized spacial score (nSPS) is 16.6. The van der Waals surface area contributed by atoms with Crippen LogP contribution in [-0.4, -0.2) is 31.9 Å². The number of hydrogen-bond donors (Lipinski definition) is 0. The Morgan fingerprint density at radius 3 is 2.62 bits per heavy atom. The molecule has 4 rings (SSSR count). The summed E-state index contributed by atoms with van der Waals surface area (Å²) >= 11 is 0. The average Bonchev–Trinajstić information content (AvgIpc) is 3.13. The summed E-state index contributed by atoms with van der Waals surface area (Å²) in [7, 11) is 0. The quantitative estimate of drug-likeness (QED) is 0.602. The molecule has 0 aliphatic carbocycles. The van der Waals surface area contributed by atoms with E-state index in [0.717, 1.165) is 17.8 Å². The highest BCUT2D eigenvalue weighted by molar-refractivity contribution is 5.95. The van der Waals surface area contributed by atoms with Crippen LogP contribution in [0.15, 0.2) is 48.9 Å². The summed E-state index contributed by atoms with van der Waals surface area (Å²) in [6.45, 7) is 1.94. The molecule has 2 aromatic heterocycles. The molecule has 9 heteroatoms. The molecule has 5 nitrogen and oxygen atoms in total. The van der Waals surface area contributed by atoms with Crippen LogP contribution in [0.2, 0.25) is 0 Å². The lowest BCUT2D eigenvalue weighted by atomic mass is 10.0. The minimum atomic E-state index is -4.87. The summed E-state index contributed by atoms with van der Waals surface area (Å²) in [6, 6.07) is 7.66. The number of pyridine rings is 1. The maximum Gasteiger partial charge on any atom is 0.419 e. The fraction of sp³-hybridized carbons (Fsp3) is 0.250. The maximum atomic E-state index is 14.4. The Morgan fingerprint density at radius 1 is 1.14 bits per heavy atom. The van der Waals surface area contributed by atoms with Crippen LogP contribution in [0.25, 0.3) is 5.82 Å². The highest BCUT2D eigenvalue weighted by Gasteiger charge is 2.38. The predicted octanol–water partition coefficient (Wildman–Crippen LogP) is 4.18. The number of nitrogens with zero attached hydrogens (tertiary/aromatic N) is 4. The zero-order valence-corrected chi connectivity index (χ0v) is 15.3. The number of carbonyl (C=O) groups is 1. The molecule has 29 heavy (non-hydrogen) atoms. The molecule has 0 saturated carbocycles. The number of hydrogen-bond acceptors (Lipinski definition) is 3. The number of amides is 1. The van der Waals surface area contributed by atoms with Gasteiger partial charge in [0.2, 0.25) is 0 Å². The van der Waals surface area contributed by atoms with Gasteiger partial charge in [0.15, 0.2) is 0 Å². The van der Waals surface area contributed by atoms with Crippen molar-refractivity contribution in [1.29, 1.82) is 0 Å². The van der Waals surface area contributed by atoms with Crippen molar-refractivity contribution in [2.24, 2.45) is 0 Å². The highest BCUT2D eigenvalue weighted by atomic mass is 19.4. The van der Waals surface area contributed by atoms with E-state index in [1.165, 1.54) is 4.90 Å². The summed E-state index contributed by atoms with van der Waals surface area (Å²) in [5, 5.41) is 0. The van der Waals surface area contributed by atoms with Crippen molar-refractivity contribution < 1.29 is 22.4 Å². The molecule has 1 amide bonds. The van der Waals surface area contributed by atoms with E-state index in [9.17, 15) is 22.4 Å². The smallest absolute Gasteiger partial charge is 0.330 e. The van der Waals surface area contributed by atoms with Crippen LogP contribution >= 0.6 is 0 Å². The van der Waals surface area contributed by atoms with Gasteiger partial charge in [-0.15, -0.1) is 0 Å². The van der Waals surface area contributed by atoms with Crippen LogP contribution in [0.5, 0.6) is 0 Å². The van der Waals surface area contributed by atoms with E-state index in [2.05, 4.69) is 9.97 Å². The minimum Gasteiger partial charge on any atom is -0.330 e. The maximum absolute atomic E-state index is 14.4. The summed E-state index contributed by atoms with van der Waals surface area (Å²) in [5.41, 5.74) is -0.570. The average molecular weight is 404 g/mol. The Morgan fingerprint density at radius 2 is 1.93 bits per heavy atom. The molecule has 1 aliphatic heterocycles. The van der Waals surface area contributed by atoms with Crippen LogP contribution in [0.3, 0.4) is 0 Å². The number of alkyl halides is 3. The van der Waals surface area contributed by atoms with E-state index in [1.54, 1.807) is 25.5 Å². The Hall–Kier alpha value is -3.23. The number of fused-ring (bicyclic) bond motifs is 1.